The number of hydrogen-bond acceptors (Lipinski definition) is 4. The van der Waals surface area contributed by atoms with Gasteiger partial charge in [-0.2, -0.15) is 12.6 Å². The van der Waals surface area contributed by atoms with E-state index in [0.29, 0.717) is 6.42 Å². The van der Waals surface area contributed by atoms with Gasteiger partial charge in [0, 0.05) is 11.3 Å². The van der Waals surface area contributed by atoms with E-state index >= 15 is 0 Å². The van der Waals surface area contributed by atoms with Crippen molar-refractivity contribution >= 4 is 29.4 Å². The molecule has 0 heterocycles. The quantitative estimate of drug-likeness (QED) is 0.586. The number of ether oxygens (including phenoxy) is 1. The second-order valence-corrected chi connectivity index (χ2v) is 9.79. The minimum Gasteiger partial charge on any atom is -0.497 e. The first-order valence-corrected chi connectivity index (χ1v) is 10.9. The lowest BCUT2D eigenvalue weighted by atomic mass is 9.78. The molecule has 0 spiro atoms. The van der Waals surface area contributed by atoms with Gasteiger partial charge in [-0.15, -0.1) is 0 Å². The Balaban J connectivity index is 1.75. The molecule has 0 amide bonds. The van der Waals surface area contributed by atoms with E-state index in [2.05, 4.69) is 11.9 Å². The maximum Gasteiger partial charge on any atom is 0.313 e. The number of rotatable bonds is 8. The van der Waals surface area contributed by atoms with Gasteiger partial charge in [0.1, 0.15) is 5.75 Å². The number of carbonyl (C=O) groups is 1. The molecule has 2 aromatic carbocycles. The van der Waals surface area contributed by atoms with Crippen LogP contribution in [0.4, 0.5) is 0 Å². The molecule has 5 heteroatoms. The Morgan fingerprint density at radius 3 is 2.48 bits per heavy atom. The van der Waals surface area contributed by atoms with Crippen molar-refractivity contribution in [2.45, 2.75) is 55.6 Å². The van der Waals surface area contributed by atoms with Crippen molar-refractivity contribution in [2.24, 2.45) is 0 Å². The van der Waals surface area contributed by atoms with Gasteiger partial charge < -0.3 is 14.7 Å². The van der Waals surface area contributed by atoms with E-state index in [-0.39, 0.29) is 4.75 Å². The van der Waals surface area contributed by atoms with Crippen molar-refractivity contribution < 1.29 is 14.6 Å². The molecule has 0 bridgehead atoms. The first-order valence-electron chi connectivity index (χ1n) is 10.5. The third-order valence-electron chi connectivity index (χ3n) is 6.50. The molecule has 0 aliphatic heterocycles. The summed E-state index contributed by atoms with van der Waals surface area (Å²) in [5, 5.41) is 12.1. The smallest absolute Gasteiger partial charge is 0.313 e. The first kappa shape index (κ1) is 22.0. The Labute approximate surface area is 179 Å². The van der Waals surface area contributed by atoms with Gasteiger partial charge in [-0.25, -0.2) is 0 Å². The Kier molecular flexibility index (Phi) is 6.79. The molecule has 0 saturated heterocycles. The predicted molar refractivity (Wildman–Crippen MR) is 122 cm³/mol. The molecule has 1 saturated carbocycles. The Bertz CT molecular complexity index is 862. The highest BCUT2D eigenvalue weighted by Crippen LogP contribution is 2.35. The van der Waals surface area contributed by atoms with E-state index in [1.54, 1.807) is 7.11 Å². The van der Waals surface area contributed by atoms with Gasteiger partial charge in [0.15, 0.2) is 0 Å². The number of carboxylic acid groups (broad SMARTS) is 1. The van der Waals surface area contributed by atoms with Gasteiger partial charge in [-0.05, 0) is 68.2 Å². The third kappa shape index (κ3) is 5.07. The van der Waals surface area contributed by atoms with Gasteiger partial charge >= 0.3 is 5.97 Å². The number of aliphatic carboxylic acids is 1. The number of methoxy groups -OCH3 is 1. The van der Waals surface area contributed by atoms with Gasteiger partial charge in [-0.1, -0.05) is 43.5 Å². The zero-order valence-electron chi connectivity index (χ0n) is 17.8. The molecule has 4 nitrogen and oxygen atoms in total. The van der Waals surface area contributed by atoms with Gasteiger partial charge in [-0.3, -0.25) is 4.79 Å². The fraction of sp³-hybridized carbons (Fsp3) is 0.542. The number of carboxylic acids is 1. The highest BCUT2D eigenvalue weighted by molar-refractivity contribution is 7.81. The summed E-state index contributed by atoms with van der Waals surface area (Å²) >= 11 is 4.95. The fourth-order valence-corrected chi connectivity index (χ4v) is 4.99. The van der Waals surface area contributed by atoms with Crippen LogP contribution in [-0.2, 0) is 10.2 Å². The topological polar surface area (TPSA) is 49.8 Å². The van der Waals surface area contributed by atoms with Crippen LogP contribution in [0.15, 0.2) is 36.4 Å². The molecule has 1 aliphatic carbocycles. The van der Waals surface area contributed by atoms with Gasteiger partial charge in [0.05, 0.1) is 12.5 Å². The zero-order valence-corrected chi connectivity index (χ0v) is 18.7. The summed E-state index contributed by atoms with van der Waals surface area (Å²) < 4.78 is 5.35. The van der Waals surface area contributed by atoms with Crippen molar-refractivity contribution in [1.82, 2.24) is 4.90 Å². The second kappa shape index (κ2) is 8.97. The molecular formula is C24H33NO3S. The average Bonchev–Trinajstić information content (AvgIpc) is 2.71. The van der Waals surface area contributed by atoms with E-state index < -0.39 is 11.4 Å². The molecule has 1 aliphatic rings. The lowest BCUT2D eigenvalue weighted by Crippen LogP contribution is -2.42. The predicted octanol–water partition coefficient (Wildman–Crippen LogP) is 5.15. The maximum absolute atomic E-state index is 12.3. The van der Waals surface area contributed by atoms with Crippen molar-refractivity contribution in [3.8, 4) is 5.75 Å². The summed E-state index contributed by atoms with van der Waals surface area (Å²) in [7, 11) is 3.73. The standard InChI is InChI=1S/C24H33NO3S/c1-23(22(26)27,13-14-25(2)17-24(29)11-5-4-6-12-24)20-9-7-19-16-21(28-3)10-8-18(19)15-20/h7-10,15-16,29H,4-6,11-14,17H2,1-3H3,(H,26,27)/t23-/m0/s1. The van der Waals surface area contributed by atoms with Crippen LogP contribution in [0.3, 0.4) is 0 Å². The van der Waals surface area contributed by atoms with Gasteiger partial charge in [0.2, 0.25) is 0 Å². The number of hydrogen-bond donors (Lipinski definition) is 2. The Morgan fingerprint density at radius 2 is 1.83 bits per heavy atom. The zero-order chi connectivity index (χ0) is 21.1. The van der Waals surface area contributed by atoms with Crippen LogP contribution in [-0.4, -0.2) is 48.0 Å². The second-order valence-electron chi connectivity index (χ2n) is 8.84. The highest BCUT2D eigenvalue weighted by atomic mass is 32.1. The van der Waals surface area contributed by atoms with Crippen LogP contribution < -0.4 is 4.74 Å². The van der Waals surface area contributed by atoms with E-state index in [0.717, 1.165) is 48.0 Å². The Hall–Kier alpha value is -1.72. The van der Waals surface area contributed by atoms with Gasteiger partial charge in [0.25, 0.3) is 0 Å². The summed E-state index contributed by atoms with van der Waals surface area (Å²) in [6.45, 7) is 3.47. The fourth-order valence-electron chi connectivity index (χ4n) is 4.43. The van der Waals surface area contributed by atoms with Crippen LogP contribution in [0.2, 0.25) is 0 Å². The first-order chi connectivity index (χ1) is 13.8. The molecule has 0 aromatic heterocycles. The van der Waals surface area contributed by atoms with Crippen LogP contribution in [0.5, 0.6) is 5.75 Å². The maximum atomic E-state index is 12.3. The van der Waals surface area contributed by atoms with Crippen molar-refractivity contribution in [3.63, 3.8) is 0 Å². The lowest BCUT2D eigenvalue weighted by Gasteiger charge is -2.37. The molecule has 158 valence electrons. The monoisotopic (exact) mass is 415 g/mol. The molecule has 1 atom stereocenters. The van der Waals surface area contributed by atoms with Crippen LogP contribution in [0.1, 0.15) is 51.0 Å². The number of benzene rings is 2. The van der Waals surface area contributed by atoms with E-state index in [9.17, 15) is 9.90 Å². The third-order valence-corrected chi connectivity index (χ3v) is 7.09. The molecular weight excluding hydrogens is 382 g/mol. The number of thiol groups is 1. The molecule has 29 heavy (non-hydrogen) atoms. The molecule has 0 unspecified atom stereocenters. The number of nitrogens with zero attached hydrogens (tertiary/aromatic N) is 1. The number of fused-ring (bicyclic) bond motifs is 1. The minimum absolute atomic E-state index is 0.0641. The normalized spacial score (nSPS) is 18.5. The lowest BCUT2D eigenvalue weighted by molar-refractivity contribution is -0.143. The van der Waals surface area contributed by atoms with E-state index in [1.165, 1.54) is 19.3 Å². The summed E-state index contributed by atoms with van der Waals surface area (Å²) in [6.07, 6.45) is 6.63. The molecule has 0 radical (unpaired) electrons. The summed E-state index contributed by atoms with van der Waals surface area (Å²) in [4.78, 5) is 14.5. The Morgan fingerprint density at radius 1 is 1.17 bits per heavy atom. The van der Waals surface area contributed by atoms with E-state index in [4.69, 9.17) is 17.4 Å². The summed E-state index contributed by atoms with van der Waals surface area (Å²) in [6, 6.07) is 11.8. The van der Waals surface area contributed by atoms with Crippen molar-refractivity contribution in [3.05, 3.63) is 42.0 Å². The molecule has 1 N–H and O–H groups in total. The molecule has 2 aromatic rings. The van der Waals surface area contributed by atoms with Crippen LogP contribution in [0, 0.1) is 0 Å². The largest absolute Gasteiger partial charge is 0.497 e. The summed E-state index contributed by atoms with van der Waals surface area (Å²) in [5.41, 5.74) is -0.0899. The van der Waals surface area contributed by atoms with Crippen molar-refractivity contribution in [1.29, 1.82) is 0 Å². The SMILES string of the molecule is COc1ccc2cc([C@](C)(CCN(C)CC3(S)CCCCC3)C(=O)O)ccc2c1. The average molecular weight is 416 g/mol. The summed E-state index contributed by atoms with van der Waals surface area (Å²) in [5.74, 6) is 0.0216. The van der Waals surface area contributed by atoms with Crippen LogP contribution >= 0.6 is 12.6 Å². The van der Waals surface area contributed by atoms with Crippen LogP contribution in [0.25, 0.3) is 10.8 Å². The van der Waals surface area contributed by atoms with E-state index in [1.807, 2.05) is 43.3 Å². The van der Waals surface area contributed by atoms with Crippen molar-refractivity contribution in [2.75, 3.05) is 27.2 Å². The molecule has 1 fully saturated rings. The minimum atomic E-state index is -0.932. The molecule has 3 rings (SSSR count). The highest BCUT2D eigenvalue weighted by Gasteiger charge is 2.36.